The summed E-state index contributed by atoms with van der Waals surface area (Å²) in [5, 5.41) is 3.94. The van der Waals surface area contributed by atoms with Gasteiger partial charge in [-0.2, -0.15) is 0 Å². The third-order valence-corrected chi connectivity index (χ3v) is 3.61. The van der Waals surface area contributed by atoms with Crippen LogP contribution in [0, 0.1) is 0 Å². The Morgan fingerprint density at radius 2 is 2.21 bits per heavy atom. The monoisotopic (exact) mass is 274 g/mol. The molecule has 0 radical (unpaired) electrons. The highest BCUT2D eigenvalue weighted by Gasteiger charge is 2.22. The van der Waals surface area contributed by atoms with Gasteiger partial charge in [0.05, 0.1) is 23.4 Å². The minimum Gasteiger partial charge on any atom is -0.493 e. The molecule has 98 valence electrons. The van der Waals surface area contributed by atoms with Gasteiger partial charge in [-0.15, -0.1) is 0 Å². The van der Waals surface area contributed by atoms with Crippen molar-refractivity contribution in [3.05, 3.63) is 58.4 Å². The molecule has 0 saturated heterocycles. The predicted octanol–water partition coefficient (Wildman–Crippen LogP) is 2.98. The molecule has 1 unspecified atom stereocenters. The third kappa shape index (κ3) is 2.31. The summed E-state index contributed by atoms with van der Waals surface area (Å²) in [6.07, 6.45) is 2.65. The molecule has 1 atom stereocenters. The first-order valence-corrected chi connectivity index (χ1v) is 6.70. The normalized spacial score (nSPS) is 14.8. The maximum Gasteiger partial charge on any atom is 0.127 e. The molecule has 1 aromatic heterocycles. The van der Waals surface area contributed by atoms with E-state index in [0.717, 1.165) is 30.0 Å². The second-order valence-corrected chi connectivity index (χ2v) is 4.99. The van der Waals surface area contributed by atoms with Crippen LogP contribution >= 0.6 is 11.6 Å². The summed E-state index contributed by atoms with van der Waals surface area (Å²) in [5.41, 5.74) is 3.34. The summed E-state index contributed by atoms with van der Waals surface area (Å²) < 4.78 is 5.76. The Bertz CT molecular complexity index is 583. The zero-order chi connectivity index (χ0) is 13.2. The topological polar surface area (TPSA) is 34.2 Å². The molecule has 1 aliphatic heterocycles. The summed E-state index contributed by atoms with van der Waals surface area (Å²) >= 11 is 5.89. The summed E-state index contributed by atoms with van der Waals surface area (Å²) in [7, 11) is 1.93. The zero-order valence-electron chi connectivity index (χ0n) is 10.7. The third-order valence-electron chi connectivity index (χ3n) is 3.39. The molecular weight excluding hydrogens is 260 g/mol. The van der Waals surface area contributed by atoms with Gasteiger partial charge in [-0.1, -0.05) is 29.8 Å². The lowest BCUT2D eigenvalue weighted by atomic mass is 9.99. The van der Waals surface area contributed by atoms with Gasteiger partial charge < -0.3 is 10.1 Å². The molecule has 1 aliphatic rings. The van der Waals surface area contributed by atoms with Crippen LogP contribution in [0.15, 0.2) is 36.5 Å². The average Bonchev–Trinajstić information content (AvgIpc) is 2.91. The SMILES string of the molecule is CNC(c1ccc(Cl)cn1)c1cccc2c1OCC2. The molecule has 0 aliphatic carbocycles. The average molecular weight is 275 g/mol. The van der Waals surface area contributed by atoms with E-state index in [1.165, 1.54) is 5.56 Å². The Labute approximate surface area is 117 Å². The van der Waals surface area contributed by atoms with Gasteiger partial charge in [0.25, 0.3) is 0 Å². The first-order valence-electron chi connectivity index (χ1n) is 6.33. The number of benzene rings is 1. The van der Waals surface area contributed by atoms with Crippen molar-refractivity contribution in [3.63, 3.8) is 0 Å². The number of rotatable bonds is 3. The molecule has 0 fully saturated rings. The molecule has 1 N–H and O–H groups in total. The molecule has 0 amide bonds. The van der Waals surface area contributed by atoms with Crippen molar-refractivity contribution in [2.24, 2.45) is 0 Å². The van der Waals surface area contributed by atoms with Crippen molar-refractivity contribution in [1.82, 2.24) is 10.3 Å². The van der Waals surface area contributed by atoms with Gasteiger partial charge in [0.15, 0.2) is 0 Å². The molecule has 2 aromatic rings. The molecule has 1 aromatic carbocycles. The van der Waals surface area contributed by atoms with Crippen molar-refractivity contribution in [1.29, 1.82) is 0 Å². The van der Waals surface area contributed by atoms with E-state index in [1.807, 2.05) is 19.2 Å². The van der Waals surface area contributed by atoms with Gasteiger partial charge in [0.1, 0.15) is 5.75 Å². The highest BCUT2D eigenvalue weighted by atomic mass is 35.5. The fourth-order valence-electron chi connectivity index (χ4n) is 2.49. The van der Waals surface area contributed by atoms with Gasteiger partial charge in [-0.3, -0.25) is 4.98 Å². The van der Waals surface area contributed by atoms with Crippen LogP contribution < -0.4 is 10.1 Å². The highest BCUT2D eigenvalue weighted by molar-refractivity contribution is 6.30. The fourth-order valence-corrected chi connectivity index (χ4v) is 2.60. The largest absolute Gasteiger partial charge is 0.493 e. The molecule has 2 heterocycles. The van der Waals surface area contributed by atoms with Crippen LogP contribution in [0.3, 0.4) is 0 Å². The summed E-state index contributed by atoms with van der Waals surface area (Å²) in [5.74, 6) is 0.999. The lowest BCUT2D eigenvalue weighted by molar-refractivity contribution is 0.351. The molecule has 0 bridgehead atoms. The number of fused-ring (bicyclic) bond motifs is 1. The molecule has 19 heavy (non-hydrogen) atoms. The minimum absolute atomic E-state index is 0.0188. The first-order chi connectivity index (χ1) is 9.29. The lowest BCUT2D eigenvalue weighted by Gasteiger charge is -2.18. The van der Waals surface area contributed by atoms with Crippen molar-refractivity contribution in [3.8, 4) is 5.75 Å². The highest BCUT2D eigenvalue weighted by Crippen LogP contribution is 2.35. The van der Waals surface area contributed by atoms with E-state index in [1.54, 1.807) is 6.20 Å². The van der Waals surface area contributed by atoms with Crippen LogP contribution in [0.2, 0.25) is 5.02 Å². The number of halogens is 1. The summed E-state index contributed by atoms with van der Waals surface area (Å²) in [4.78, 5) is 4.40. The first kappa shape index (κ1) is 12.5. The Kier molecular flexibility index (Phi) is 3.40. The summed E-state index contributed by atoms with van der Waals surface area (Å²) in [6.45, 7) is 0.761. The predicted molar refractivity (Wildman–Crippen MR) is 75.8 cm³/mol. The molecule has 4 heteroatoms. The molecule has 3 nitrogen and oxygen atoms in total. The van der Waals surface area contributed by atoms with Gasteiger partial charge in [-0.25, -0.2) is 0 Å². The van der Waals surface area contributed by atoms with Crippen LogP contribution in [0.5, 0.6) is 5.75 Å². The number of hydrogen-bond donors (Lipinski definition) is 1. The number of ether oxygens (including phenoxy) is 1. The van der Waals surface area contributed by atoms with Crippen LogP contribution in [-0.2, 0) is 6.42 Å². The molecule has 0 spiro atoms. The number of nitrogens with one attached hydrogen (secondary N) is 1. The van der Waals surface area contributed by atoms with Crippen molar-refractivity contribution >= 4 is 11.6 Å². The number of nitrogens with zero attached hydrogens (tertiary/aromatic N) is 1. The quantitative estimate of drug-likeness (QED) is 0.934. The van der Waals surface area contributed by atoms with E-state index in [4.69, 9.17) is 16.3 Å². The fraction of sp³-hybridized carbons (Fsp3) is 0.267. The number of pyridine rings is 1. The van der Waals surface area contributed by atoms with Gasteiger partial charge in [0, 0.05) is 18.2 Å². The van der Waals surface area contributed by atoms with E-state index in [9.17, 15) is 0 Å². The van der Waals surface area contributed by atoms with Crippen LogP contribution in [0.4, 0.5) is 0 Å². The Morgan fingerprint density at radius 1 is 1.32 bits per heavy atom. The number of para-hydroxylation sites is 1. The van der Waals surface area contributed by atoms with Crippen LogP contribution in [-0.4, -0.2) is 18.6 Å². The van der Waals surface area contributed by atoms with Crippen LogP contribution in [0.1, 0.15) is 22.9 Å². The Balaban J connectivity index is 2.03. The van der Waals surface area contributed by atoms with E-state index < -0.39 is 0 Å². The van der Waals surface area contributed by atoms with Crippen molar-refractivity contribution in [2.45, 2.75) is 12.5 Å². The molecule has 3 rings (SSSR count). The second kappa shape index (κ2) is 5.19. The Morgan fingerprint density at radius 3 is 2.95 bits per heavy atom. The zero-order valence-corrected chi connectivity index (χ0v) is 11.4. The van der Waals surface area contributed by atoms with E-state index in [0.29, 0.717) is 5.02 Å². The standard InChI is InChI=1S/C15H15ClN2O/c1-17-14(13-6-5-11(16)9-18-13)12-4-2-3-10-7-8-19-15(10)12/h2-6,9,14,17H,7-8H2,1H3. The maximum absolute atomic E-state index is 5.89. The summed E-state index contributed by atoms with van der Waals surface area (Å²) in [6, 6.07) is 10.1. The maximum atomic E-state index is 5.89. The van der Waals surface area contributed by atoms with E-state index in [2.05, 4.69) is 28.5 Å². The second-order valence-electron chi connectivity index (χ2n) is 4.56. The van der Waals surface area contributed by atoms with Gasteiger partial charge in [-0.05, 0) is 24.7 Å². The van der Waals surface area contributed by atoms with Gasteiger partial charge in [0.2, 0.25) is 0 Å². The van der Waals surface area contributed by atoms with Crippen molar-refractivity contribution in [2.75, 3.05) is 13.7 Å². The minimum atomic E-state index is 0.0188. The Hall–Kier alpha value is -1.58. The molecular formula is C15H15ClN2O. The molecule has 0 saturated carbocycles. The van der Waals surface area contributed by atoms with E-state index >= 15 is 0 Å². The number of aromatic nitrogens is 1. The van der Waals surface area contributed by atoms with E-state index in [-0.39, 0.29) is 6.04 Å². The van der Waals surface area contributed by atoms with Crippen LogP contribution in [0.25, 0.3) is 0 Å². The lowest BCUT2D eigenvalue weighted by Crippen LogP contribution is -2.19. The smallest absolute Gasteiger partial charge is 0.127 e. The van der Waals surface area contributed by atoms with Gasteiger partial charge >= 0.3 is 0 Å². The number of hydrogen-bond acceptors (Lipinski definition) is 3. The van der Waals surface area contributed by atoms with Crippen molar-refractivity contribution < 1.29 is 4.74 Å².